The number of rotatable bonds is 6. The van der Waals surface area contributed by atoms with Gasteiger partial charge in [-0.1, -0.05) is 12.1 Å². The average molecular weight is 366 g/mol. The minimum Gasteiger partial charge on any atom is -0.462 e. The largest absolute Gasteiger partial charge is 0.462 e. The van der Waals surface area contributed by atoms with Gasteiger partial charge in [0.2, 0.25) is 0 Å². The van der Waals surface area contributed by atoms with Crippen LogP contribution in [-0.4, -0.2) is 36.5 Å². The summed E-state index contributed by atoms with van der Waals surface area (Å²) in [5.74, 6) is -0.512. The van der Waals surface area contributed by atoms with Gasteiger partial charge in [-0.05, 0) is 81.2 Å². The Labute approximate surface area is 160 Å². The molecule has 0 spiro atoms. The van der Waals surface area contributed by atoms with Crippen LogP contribution in [0.5, 0.6) is 0 Å². The van der Waals surface area contributed by atoms with Gasteiger partial charge in [0.05, 0.1) is 12.2 Å². The second-order valence-corrected chi connectivity index (χ2v) is 6.88. The summed E-state index contributed by atoms with van der Waals surface area (Å²) in [6.07, 6.45) is 2.55. The van der Waals surface area contributed by atoms with E-state index in [1.807, 2.05) is 31.2 Å². The number of carbonyl (C=O) groups excluding carboxylic acids is 2. The molecule has 5 nitrogen and oxygen atoms in total. The molecule has 1 aliphatic heterocycles. The van der Waals surface area contributed by atoms with E-state index in [1.165, 1.54) is 18.4 Å². The van der Waals surface area contributed by atoms with Crippen molar-refractivity contribution in [2.24, 2.45) is 0 Å². The van der Waals surface area contributed by atoms with E-state index in [-0.39, 0.29) is 11.9 Å². The fourth-order valence-electron chi connectivity index (χ4n) is 3.30. The van der Waals surface area contributed by atoms with Gasteiger partial charge >= 0.3 is 5.97 Å². The monoisotopic (exact) mass is 366 g/mol. The number of likely N-dealkylation sites (tertiary alicyclic amines) is 1. The van der Waals surface area contributed by atoms with Crippen LogP contribution in [0, 0.1) is 6.92 Å². The van der Waals surface area contributed by atoms with Crippen molar-refractivity contribution < 1.29 is 14.3 Å². The molecule has 0 saturated carbocycles. The normalized spacial score (nSPS) is 14.1. The van der Waals surface area contributed by atoms with Crippen LogP contribution in [0.3, 0.4) is 0 Å². The Morgan fingerprint density at radius 1 is 1.04 bits per heavy atom. The number of carbonyl (C=O) groups is 2. The molecule has 3 rings (SSSR count). The highest BCUT2D eigenvalue weighted by atomic mass is 16.5. The molecule has 5 heteroatoms. The Bertz CT molecular complexity index is 809. The van der Waals surface area contributed by atoms with Gasteiger partial charge in [0.1, 0.15) is 0 Å². The van der Waals surface area contributed by atoms with Crippen molar-refractivity contribution >= 4 is 17.6 Å². The van der Waals surface area contributed by atoms with Gasteiger partial charge in [0.25, 0.3) is 5.91 Å². The van der Waals surface area contributed by atoms with Gasteiger partial charge in [0, 0.05) is 17.8 Å². The van der Waals surface area contributed by atoms with E-state index in [9.17, 15) is 9.59 Å². The number of aryl methyl sites for hydroxylation is 1. The molecule has 0 aromatic heterocycles. The van der Waals surface area contributed by atoms with E-state index < -0.39 is 0 Å². The molecule has 0 aliphatic carbocycles. The number of hydrogen-bond acceptors (Lipinski definition) is 4. The molecular weight excluding hydrogens is 340 g/mol. The van der Waals surface area contributed by atoms with Gasteiger partial charge in [-0.3, -0.25) is 9.69 Å². The predicted octanol–water partition coefficient (Wildman–Crippen LogP) is 4.02. The van der Waals surface area contributed by atoms with Crippen molar-refractivity contribution in [1.82, 2.24) is 4.90 Å². The molecule has 2 aromatic rings. The first kappa shape index (κ1) is 19.1. The maximum Gasteiger partial charge on any atom is 0.338 e. The molecule has 1 amide bonds. The zero-order valence-electron chi connectivity index (χ0n) is 16.0. The molecule has 1 fully saturated rings. The van der Waals surface area contributed by atoms with E-state index in [2.05, 4.69) is 10.2 Å². The SMILES string of the molecule is CCOC(=O)c1ccc(NC(=O)c2ccc(CN3CCCC3)cc2)c(C)c1. The number of ether oxygens (including phenoxy) is 1. The molecule has 0 unspecified atom stereocenters. The highest BCUT2D eigenvalue weighted by molar-refractivity contribution is 6.05. The van der Waals surface area contributed by atoms with Crippen LogP contribution in [-0.2, 0) is 11.3 Å². The maximum atomic E-state index is 12.5. The molecule has 27 heavy (non-hydrogen) atoms. The molecule has 142 valence electrons. The van der Waals surface area contributed by atoms with Crippen LogP contribution < -0.4 is 5.32 Å². The quantitative estimate of drug-likeness (QED) is 0.785. The summed E-state index contributed by atoms with van der Waals surface area (Å²) in [5, 5.41) is 2.92. The van der Waals surface area contributed by atoms with Crippen LogP contribution in [0.2, 0.25) is 0 Å². The number of nitrogens with zero attached hydrogens (tertiary/aromatic N) is 1. The second-order valence-electron chi connectivity index (χ2n) is 6.88. The van der Waals surface area contributed by atoms with Gasteiger partial charge in [-0.25, -0.2) is 4.79 Å². The van der Waals surface area contributed by atoms with Crippen molar-refractivity contribution in [2.75, 3.05) is 25.0 Å². The van der Waals surface area contributed by atoms with Crippen LogP contribution in [0.15, 0.2) is 42.5 Å². The highest BCUT2D eigenvalue weighted by Gasteiger charge is 2.13. The van der Waals surface area contributed by atoms with Gasteiger partial charge in [0.15, 0.2) is 0 Å². The van der Waals surface area contributed by atoms with Crippen molar-refractivity contribution in [1.29, 1.82) is 0 Å². The minimum atomic E-state index is -0.355. The average Bonchev–Trinajstić information content (AvgIpc) is 3.17. The lowest BCUT2D eigenvalue weighted by Gasteiger charge is -2.15. The molecule has 0 bridgehead atoms. The minimum absolute atomic E-state index is 0.158. The number of amides is 1. The number of hydrogen-bond donors (Lipinski definition) is 1. The highest BCUT2D eigenvalue weighted by Crippen LogP contribution is 2.19. The summed E-state index contributed by atoms with van der Waals surface area (Å²) in [4.78, 5) is 26.8. The fourth-order valence-corrected chi connectivity index (χ4v) is 3.30. The molecule has 1 aliphatic rings. The van der Waals surface area contributed by atoms with Crippen LogP contribution in [0.4, 0.5) is 5.69 Å². The maximum absolute atomic E-state index is 12.5. The van der Waals surface area contributed by atoms with E-state index >= 15 is 0 Å². The fraction of sp³-hybridized carbons (Fsp3) is 0.364. The molecule has 0 radical (unpaired) electrons. The van der Waals surface area contributed by atoms with Gasteiger partial charge in [-0.15, -0.1) is 0 Å². The molecule has 1 heterocycles. The first-order chi connectivity index (χ1) is 13.1. The summed E-state index contributed by atoms with van der Waals surface area (Å²) in [6.45, 7) is 7.22. The standard InChI is InChI=1S/C22H26N2O3/c1-3-27-22(26)19-10-11-20(16(2)14-19)23-21(25)18-8-6-17(7-9-18)15-24-12-4-5-13-24/h6-11,14H,3-5,12-13,15H2,1-2H3,(H,23,25). The number of esters is 1. The van der Waals surface area contributed by atoms with Gasteiger partial charge < -0.3 is 10.1 Å². The Balaban J connectivity index is 1.63. The number of anilines is 1. The Kier molecular flexibility index (Phi) is 6.24. The van der Waals surface area contributed by atoms with E-state index in [0.29, 0.717) is 23.4 Å². The number of nitrogens with one attached hydrogen (secondary N) is 1. The lowest BCUT2D eigenvalue weighted by molar-refractivity contribution is 0.0526. The van der Waals surface area contributed by atoms with Crippen molar-refractivity contribution in [2.45, 2.75) is 33.2 Å². The van der Waals surface area contributed by atoms with Crippen molar-refractivity contribution in [3.63, 3.8) is 0 Å². The Morgan fingerprint density at radius 3 is 2.33 bits per heavy atom. The third-order valence-electron chi connectivity index (χ3n) is 4.81. The summed E-state index contributed by atoms with van der Waals surface area (Å²) in [7, 11) is 0. The molecular formula is C22H26N2O3. The predicted molar refractivity (Wildman–Crippen MR) is 106 cm³/mol. The molecule has 1 N–H and O–H groups in total. The van der Waals surface area contributed by atoms with Crippen molar-refractivity contribution in [3.8, 4) is 0 Å². The third-order valence-corrected chi connectivity index (χ3v) is 4.81. The third kappa shape index (κ3) is 4.95. The van der Waals surface area contributed by atoms with Gasteiger partial charge in [-0.2, -0.15) is 0 Å². The Morgan fingerprint density at radius 2 is 1.70 bits per heavy atom. The molecule has 0 atom stereocenters. The van der Waals surface area contributed by atoms with Crippen LogP contribution in [0.25, 0.3) is 0 Å². The second kappa shape index (κ2) is 8.82. The lowest BCUT2D eigenvalue weighted by Crippen LogP contribution is -2.18. The van der Waals surface area contributed by atoms with E-state index in [4.69, 9.17) is 4.74 Å². The molecule has 1 saturated heterocycles. The summed E-state index contributed by atoms with van der Waals surface area (Å²) in [6, 6.07) is 12.9. The summed E-state index contributed by atoms with van der Waals surface area (Å²) < 4.78 is 5.00. The smallest absolute Gasteiger partial charge is 0.338 e. The zero-order valence-corrected chi connectivity index (χ0v) is 16.0. The lowest BCUT2D eigenvalue weighted by atomic mass is 10.1. The first-order valence-corrected chi connectivity index (χ1v) is 9.47. The van der Waals surface area contributed by atoms with Crippen LogP contribution in [0.1, 0.15) is 51.6 Å². The van der Waals surface area contributed by atoms with E-state index in [0.717, 1.165) is 25.2 Å². The Hall–Kier alpha value is -2.66. The molecule has 2 aromatic carbocycles. The summed E-state index contributed by atoms with van der Waals surface area (Å²) >= 11 is 0. The van der Waals surface area contributed by atoms with Crippen molar-refractivity contribution in [3.05, 3.63) is 64.7 Å². The summed E-state index contributed by atoms with van der Waals surface area (Å²) in [5.41, 5.74) is 3.84. The first-order valence-electron chi connectivity index (χ1n) is 9.47. The van der Waals surface area contributed by atoms with E-state index in [1.54, 1.807) is 25.1 Å². The zero-order chi connectivity index (χ0) is 19.2. The van der Waals surface area contributed by atoms with Crippen LogP contribution >= 0.6 is 0 Å². The number of benzene rings is 2. The topological polar surface area (TPSA) is 58.6 Å².